The molecule has 4 nitrogen and oxygen atoms in total. The summed E-state index contributed by atoms with van der Waals surface area (Å²) in [6.07, 6.45) is 6.47. The lowest BCUT2D eigenvalue weighted by atomic mass is 10.0. The molecule has 1 fully saturated rings. The first-order valence-corrected chi connectivity index (χ1v) is 6.65. The minimum atomic E-state index is -0.00793. The molecule has 5 heteroatoms. The van der Waals surface area contributed by atoms with Crippen molar-refractivity contribution in [1.82, 2.24) is 4.98 Å². The zero-order valence-electron chi connectivity index (χ0n) is 10.2. The standard InChI is InChI=1S/C13H17ClN2O2/c14-12-9-10(6-7-15-12)16-13(17)5-4-11-3-1-2-8-18-11/h6-7,9,11H,1-5,8H2,(H,15,16,17). The minimum Gasteiger partial charge on any atom is -0.378 e. The Bertz CT molecular complexity index is 406. The average molecular weight is 269 g/mol. The maximum atomic E-state index is 11.7. The van der Waals surface area contributed by atoms with Crippen LogP contribution in [0, 0.1) is 0 Å². The Labute approximate surface area is 112 Å². The highest BCUT2D eigenvalue weighted by Crippen LogP contribution is 2.18. The maximum Gasteiger partial charge on any atom is 0.224 e. The highest BCUT2D eigenvalue weighted by molar-refractivity contribution is 6.29. The molecule has 1 aromatic heterocycles. The van der Waals surface area contributed by atoms with E-state index in [0.29, 0.717) is 17.3 Å². The number of pyridine rings is 1. The third-order valence-corrected chi connectivity index (χ3v) is 3.18. The van der Waals surface area contributed by atoms with Crippen LogP contribution in [0.4, 0.5) is 5.69 Å². The van der Waals surface area contributed by atoms with Crippen LogP contribution in [0.1, 0.15) is 32.1 Å². The van der Waals surface area contributed by atoms with Crippen molar-refractivity contribution < 1.29 is 9.53 Å². The Kier molecular flexibility index (Phi) is 4.96. The molecule has 0 bridgehead atoms. The molecule has 1 aliphatic rings. The van der Waals surface area contributed by atoms with Gasteiger partial charge in [0.1, 0.15) is 5.15 Å². The van der Waals surface area contributed by atoms with Gasteiger partial charge in [-0.3, -0.25) is 4.79 Å². The summed E-state index contributed by atoms with van der Waals surface area (Å²) in [5.74, 6) is -0.00793. The molecular weight excluding hydrogens is 252 g/mol. The first kappa shape index (κ1) is 13.3. The SMILES string of the molecule is O=C(CCC1CCCCO1)Nc1ccnc(Cl)c1. The molecule has 1 atom stereocenters. The number of anilines is 1. The second-order valence-electron chi connectivity index (χ2n) is 4.44. The summed E-state index contributed by atoms with van der Waals surface area (Å²) in [4.78, 5) is 15.6. The van der Waals surface area contributed by atoms with E-state index in [1.807, 2.05) is 0 Å². The number of rotatable bonds is 4. The molecule has 0 aliphatic carbocycles. The molecule has 98 valence electrons. The van der Waals surface area contributed by atoms with E-state index in [0.717, 1.165) is 25.9 Å². The number of hydrogen-bond donors (Lipinski definition) is 1. The number of nitrogens with one attached hydrogen (secondary N) is 1. The fourth-order valence-electron chi connectivity index (χ4n) is 2.03. The van der Waals surface area contributed by atoms with Crippen LogP contribution in [0.2, 0.25) is 5.15 Å². The molecular formula is C13H17ClN2O2. The summed E-state index contributed by atoms with van der Waals surface area (Å²) >= 11 is 5.74. The van der Waals surface area contributed by atoms with Crippen molar-refractivity contribution in [3.63, 3.8) is 0 Å². The van der Waals surface area contributed by atoms with E-state index in [9.17, 15) is 4.79 Å². The van der Waals surface area contributed by atoms with Crippen LogP contribution in [0.5, 0.6) is 0 Å². The molecule has 1 aromatic rings. The van der Waals surface area contributed by atoms with Crippen molar-refractivity contribution >= 4 is 23.2 Å². The first-order valence-electron chi connectivity index (χ1n) is 6.27. The zero-order valence-corrected chi connectivity index (χ0v) is 10.9. The summed E-state index contributed by atoms with van der Waals surface area (Å²) < 4.78 is 5.59. The fraction of sp³-hybridized carbons (Fsp3) is 0.538. The van der Waals surface area contributed by atoms with E-state index in [-0.39, 0.29) is 12.0 Å². The van der Waals surface area contributed by atoms with E-state index in [2.05, 4.69) is 10.3 Å². The van der Waals surface area contributed by atoms with Gasteiger partial charge in [0.15, 0.2) is 0 Å². The number of hydrogen-bond acceptors (Lipinski definition) is 3. The van der Waals surface area contributed by atoms with Gasteiger partial charge in [0.2, 0.25) is 5.91 Å². The number of nitrogens with zero attached hydrogens (tertiary/aromatic N) is 1. The van der Waals surface area contributed by atoms with Crippen molar-refractivity contribution in [3.8, 4) is 0 Å². The zero-order chi connectivity index (χ0) is 12.8. The monoisotopic (exact) mass is 268 g/mol. The molecule has 2 heterocycles. The first-order chi connectivity index (χ1) is 8.74. The molecule has 0 spiro atoms. The Morgan fingerprint density at radius 2 is 2.44 bits per heavy atom. The Balaban J connectivity index is 1.74. The molecule has 1 N–H and O–H groups in total. The van der Waals surface area contributed by atoms with Gasteiger partial charge in [-0.25, -0.2) is 4.98 Å². The fourth-order valence-corrected chi connectivity index (χ4v) is 2.20. The van der Waals surface area contributed by atoms with Crippen LogP contribution in [0.25, 0.3) is 0 Å². The van der Waals surface area contributed by atoms with Gasteiger partial charge in [0.25, 0.3) is 0 Å². The van der Waals surface area contributed by atoms with E-state index >= 15 is 0 Å². The third kappa shape index (κ3) is 4.27. The Morgan fingerprint density at radius 1 is 1.56 bits per heavy atom. The van der Waals surface area contributed by atoms with Crippen LogP contribution < -0.4 is 5.32 Å². The van der Waals surface area contributed by atoms with E-state index in [4.69, 9.17) is 16.3 Å². The van der Waals surface area contributed by atoms with Gasteiger partial charge in [-0.05, 0) is 37.8 Å². The van der Waals surface area contributed by atoms with Crippen LogP contribution >= 0.6 is 11.6 Å². The maximum absolute atomic E-state index is 11.7. The van der Waals surface area contributed by atoms with E-state index in [1.165, 1.54) is 6.42 Å². The lowest BCUT2D eigenvalue weighted by Gasteiger charge is -2.22. The van der Waals surface area contributed by atoms with Gasteiger partial charge in [-0.1, -0.05) is 11.6 Å². The number of carbonyl (C=O) groups is 1. The lowest BCUT2D eigenvalue weighted by Crippen LogP contribution is -2.21. The van der Waals surface area contributed by atoms with E-state index < -0.39 is 0 Å². The molecule has 1 amide bonds. The molecule has 0 aromatic carbocycles. The van der Waals surface area contributed by atoms with Crippen molar-refractivity contribution in [2.45, 2.75) is 38.2 Å². The number of halogens is 1. The molecule has 2 rings (SSSR count). The van der Waals surface area contributed by atoms with Crippen LogP contribution in [0.3, 0.4) is 0 Å². The van der Waals surface area contributed by atoms with Gasteiger partial charge in [-0.15, -0.1) is 0 Å². The quantitative estimate of drug-likeness (QED) is 0.854. The van der Waals surface area contributed by atoms with Crippen LogP contribution in [-0.4, -0.2) is 23.6 Å². The van der Waals surface area contributed by atoms with Crippen molar-refractivity contribution in [1.29, 1.82) is 0 Å². The highest BCUT2D eigenvalue weighted by atomic mass is 35.5. The summed E-state index contributed by atoms with van der Waals surface area (Å²) in [5, 5.41) is 3.18. The van der Waals surface area contributed by atoms with Gasteiger partial charge in [0.05, 0.1) is 6.10 Å². The topological polar surface area (TPSA) is 51.2 Å². The predicted molar refractivity (Wildman–Crippen MR) is 70.7 cm³/mol. The second-order valence-corrected chi connectivity index (χ2v) is 4.83. The van der Waals surface area contributed by atoms with Gasteiger partial charge in [-0.2, -0.15) is 0 Å². The Morgan fingerprint density at radius 3 is 3.17 bits per heavy atom. The number of aromatic nitrogens is 1. The number of amides is 1. The van der Waals surface area contributed by atoms with Gasteiger partial charge < -0.3 is 10.1 Å². The second kappa shape index (κ2) is 6.71. The third-order valence-electron chi connectivity index (χ3n) is 2.98. The minimum absolute atomic E-state index is 0.00793. The Hall–Kier alpha value is -1.13. The normalized spacial score (nSPS) is 19.5. The van der Waals surface area contributed by atoms with Crippen molar-refractivity contribution in [3.05, 3.63) is 23.5 Å². The van der Waals surface area contributed by atoms with E-state index in [1.54, 1.807) is 18.3 Å². The summed E-state index contributed by atoms with van der Waals surface area (Å²) in [5.41, 5.74) is 0.685. The molecule has 18 heavy (non-hydrogen) atoms. The lowest BCUT2D eigenvalue weighted by molar-refractivity contribution is -0.117. The molecule has 1 saturated heterocycles. The molecule has 1 aliphatic heterocycles. The summed E-state index contributed by atoms with van der Waals surface area (Å²) in [6.45, 7) is 0.826. The molecule has 1 unspecified atom stereocenters. The number of ether oxygens (including phenoxy) is 1. The predicted octanol–water partition coefficient (Wildman–Crippen LogP) is 3.02. The van der Waals surface area contributed by atoms with Crippen LogP contribution in [0.15, 0.2) is 18.3 Å². The van der Waals surface area contributed by atoms with Gasteiger partial charge in [0, 0.05) is 24.9 Å². The largest absolute Gasteiger partial charge is 0.378 e. The van der Waals surface area contributed by atoms with Crippen LogP contribution in [-0.2, 0) is 9.53 Å². The van der Waals surface area contributed by atoms with Crippen molar-refractivity contribution in [2.75, 3.05) is 11.9 Å². The highest BCUT2D eigenvalue weighted by Gasteiger charge is 2.15. The summed E-state index contributed by atoms with van der Waals surface area (Å²) in [6, 6.07) is 3.36. The molecule has 0 radical (unpaired) electrons. The van der Waals surface area contributed by atoms with Gasteiger partial charge >= 0.3 is 0 Å². The number of carbonyl (C=O) groups excluding carboxylic acids is 1. The molecule has 0 saturated carbocycles. The van der Waals surface area contributed by atoms with Crippen molar-refractivity contribution in [2.24, 2.45) is 0 Å². The summed E-state index contributed by atoms with van der Waals surface area (Å²) in [7, 11) is 0. The smallest absolute Gasteiger partial charge is 0.224 e. The average Bonchev–Trinajstić information content (AvgIpc) is 2.38.